The van der Waals surface area contributed by atoms with Crippen LogP contribution < -0.4 is 20.5 Å². The summed E-state index contributed by atoms with van der Waals surface area (Å²) in [6.07, 6.45) is 1.89. The summed E-state index contributed by atoms with van der Waals surface area (Å²) in [5, 5.41) is 3.75. The van der Waals surface area contributed by atoms with E-state index in [9.17, 15) is 0 Å². The summed E-state index contributed by atoms with van der Waals surface area (Å²) in [5.74, 6) is 2.23. The maximum atomic E-state index is 5.79. The lowest BCUT2D eigenvalue weighted by molar-refractivity contribution is 0.131. The molecule has 136 valence electrons. The van der Waals surface area contributed by atoms with E-state index < -0.39 is 0 Å². The summed E-state index contributed by atoms with van der Waals surface area (Å²) in [5.41, 5.74) is 5.46. The minimum absolute atomic E-state index is 0.00186. The minimum atomic E-state index is -0.219. The molecule has 1 heterocycles. The average Bonchev–Trinajstić information content (AvgIpc) is 2.52. The molecule has 1 unspecified atom stereocenters. The lowest BCUT2D eigenvalue weighted by Crippen LogP contribution is -2.25. The summed E-state index contributed by atoms with van der Waals surface area (Å²) in [4.78, 5) is 12.4. The highest BCUT2D eigenvalue weighted by molar-refractivity contribution is 7.98. The number of nitrogen functional groups attached to an aromatic ring is 1. The molecule has 0 aliphatic rings. The maximum absolute atomic E-state index is 5.79. The van der Waals surface area contributed by atoms with E-state index in [1.165, 1.54) is 11.8 Å². The van der Waals surface area contributed by atoms with Crippen molar-refractivity contribution in [2.24, 2.45) is 0 Å². The lowest BCUT2D eigenvalue weighted by Gasteiger charge is -2.21. The zero-order valence-corrected chi connectivity index (χ0v) is 16.1. The van der Waals surface area contributed by atoms with Crippen LogP contribution in [0.3, 0.4) is 0 Å². The van der Waals surface area contributed by atoms with Crippen LogP contribution >= 0.6 is 11.8 Å². The monoisotopic (exact) mass is 363 g/mol. The predicted molar refractivity (Wildman–Crippen MR) is 101 cm³/mol. The summed E-state index contributed by atoms with van der Waals surface area (Å²) >= 11 is 1.41. The Balaban J connectivity index is 1.87. The Morgan fingerprint density at radius 2 is 1.76 bits per heavy atom. The number of nitrogens with two attached hydrogens (primary N) is 1. The fraction of sp³-hybridized carbons (Fsp3) is 0.471. The zero-order chi connectivity index (χ0) is 18.4. The molecule has 1 atom stereocenters. The van der Waals surface area contributed by atoms with Crippen LogP contribution in [0.1, 0.15) is 27.7 Å². The average molecular weight is 363 g/mol. The van der Waals surface area contributed by atoms with Gasteiger partial charge < -0.3 is 20.5 Å². The molecule has 0 spiro atoms. The smallest absolute Gasteiger partial charge is 0.228 e. The van der Waals surface area contributed by atoms with E-state index in [-0.39, 0.29) is 17.6 Å². The molecule has 0 saturated carbocycles. The Morgan fingerprint density at radius 1 is 1.12 bits per heavy atom. The highest BCUT2D eigenvalue weighted by atomic mass is 32.2. The molecule has 0 amide bonds. The van der Waals surface area contributed by atoms with Crippen molar-refractivity contribution in [3.63, 3.8) is 0 Å². The van der Waals surface area contributed by atoms with Crippen LogP contribution in [0.4, 0.5) is 11.9 Å². The van der Waals surface area contributed by atoms with Crippen molar-refractivity contribution in [1.29, 1.82) is 0 Å². The second kappa shape index (κ2) is 8.24. The highest BCUT2D eigenvalue weighted by Gasteiger charge is 2.12. The summed E-state index contributed by atoms with van der Waals surface area (Å²) in [7, 11) is 0. The van der Waals surface area contributed by atoms with Crippen molar-refractivity contribution in [3.8, 4) is 11.5 Å². The van der Waals surface area contributed by atoms with Crippen LogP contribution in [0.15, 0.2) is 29.4 Å². The van der Waals surface area contributed by atoms with Crippen molar-refractivity contribution in [2.75, 3.05) is 23.9 Å². The van der Waals surface area contributed by atoms with Gasteiger partial charge in [-0.3, -0.25) is 0 Å². The van der Waals surface area contributed by atoms with Gasteiger partial charge in [-0.25, -0.2) is 0 Å². The third-order valence-electron chi connectivity index (χ3n) is 2.94. The second-order valence-corrected chi connectivity index (χ2v) is 7.32. The van der Waals surface area contributed by atoms with E-state index in [2.05, 4.69) is 20.3 Å². The van der Waals surface area contributed by atoms with E-state index in [1.54, 1.807) is 0 Å². The fourth-order valence-corrected chi connectivity index (χ4v) is 2.33. The Labute approximate surface area is 152 Å². The SMILES string of the molecule is CSc1nc(N)nc(NC(C)COc2ccc(OC(C)(C)C)cc2)n1. The molecule has 2 rings (SSSR count). The second-order valence-electron chi connectivity index (χ2n) is 6.55. The van der Waals surface area contributed by atoms with Gasteiger partial charge in [-0.1, -0.05) is 11.8 Å². The van der Waals surface area contributed by atoms with Crippen LogP contribution in [-0.2, 0) is 0 Å². The van der Waals surface area contributed by atoms with Gasteiger partial charge in [-0.15, -0.1) is 0 Å². The number of anilines is 2. The molecule has 0 aliphatic carbocycles. The number of nitrogens with one attached hydrogen (secondary N) is 1. The van der Waals surface area contributed by atoms with Crippen molar-refractivity contribution < 1.29 is 9.47 Å². The third kappa shape index (κ3) is 6.66. The molecule has 25 heavy (non-hydrogen) atoms. The van der Waals surface area contributed by atoms with Crippen molar-refractivity contribution in [3.05, 3.63) is 24.3 Å². The van der Waals surface area contributed by atoms with Gasteiger partial charge in [0.05, 0.1) is 6.04 Å². The molecule has 7 nitrogen and oxygen atoms in total. The molecule has 1 aromatic carbocycles. The Kier molecular flexibility index (Phi) is 6.30. The Morgan fingerprint density at radius 3 is 2.36 bits per heavy atom. The summed E-state index contributed by atoms with van der Waals surface area (Å²) in [6.45, 7) is 8.49. The largest absolute Gasteiger partial charge is 0.491 e. The molecule has 0 fully saturated rings. The number of hydrogen-bond acceptors (Lipinski definition) is 8. The minimum Gasteiger partial charge on any atom is -0.491 e. The first kappa shape index (κ1) is 19.1. The van der Waals surface area contributed by atoms with Crippen LogP contribution in [-0.4, -0.2) is 39.5 Å². The number of thioether (sulfide) groups is 1. The van der Waals surface area contributed by atoms with Crippen LogP contribution in [0.25, 0.3) is 0 Å². The first-order chi connectivity index (χ1) is 11.7. The van der Waals surface area contributed by atoms with E-state index in [0.717, 1.165) is 11.5 Å². The number of nitrogens with zero attached hydrogens (tertiary/aromatic N) is 3. The fourth-order valence-electron chi connectivity index (χ4n) is 1.97. The van der Waals surface area contributed by atoms with Gasteiger partial charge >= 0.3 is 0 Å². The van der Waals surface area contributed by atoms with E-state index in [1.807, 2.05) is 58.2 Å². The molecule has 1 aromatic heterocycles. The van der Waals surface area contributed by atoms with Crippen molar-refractivity contribution in [1.82, 2.24) is 15.0 Å². The third-order valence-corrected chi connectivity index (χ3v) is 3.49. The number of benzene rings is 1. The summed E-state index contributed by atoms with van der Waals surface area (Å²) < 4.78 is 11.6. The molecular formula is C17H25N5O2S. The first-order valence-corrected chi connectivity index (χ1v) is 9.21. The molecule has 2 aromatic rings. The van der Waals surface area contributed by atoms with Crippen LogP contribution in [0, 0.1) is 0 Å². The molecule has 3 N–H and O–H groups in total. The van der Waals surface area contributed by atoms with E-state index >= 15 is 0 Å². The van der Waals surface area contributed by atoms with Crippen molar-refractivity contribution in [2.45, 2.75) is 44.5 Å². The number of aromatic nitrogens is 3. The van der Waals surface area contributed by atoms with Gasteiger partial charge in [0.1, 0.15) is 23.7 Å². The molecule has 8 heteroatoms. The van der Waals surface area contributed by atoms with E-state index in [4.69, 9.17) is 15.2 Å². The number of ether oxygens (including phenoxy) is 2. The standard InChI is InChI=1S/C17H25N5O2S/c1-11(19-15-20-14(18)21-16(22-15)25-5)10-23-12-6-8-13(9-7-12)24-17(2,3)4/h6-9,11H,10H2,1-5H3,(H3,18,19,20,21,22). The molecule has 0 bridgehead atoms. The van der Waals surface area contributed by atoms with Gasteiger partial charge in [0.15, 0.2) is 5.16 Å². The van der Waals surface area contributed by atoms with Gasteiger partial charge in [-0.05, 0) is 58.2 Å². The number of hydrogen-bond donors (Lipinski definition) is 2. The normalized spacial score (nSPS) is 12.5. The van der Waals surface area contributed by atoms with Gasteiger partial charge in [0, 0.05) is 0 Å². The molecular weight excluding hydrogens is 338 g/mol. The quantitative estimate of drug-likeness (QED) is 0.724. The van der Waals surface area contributed by atoms with Gasteiger partial charge in [0.2, 0.25) is 11.9 Å². The summed E-state index contributed by atoms with van der Waals surface area (Å²) in [6, 6.07) is 7.58. The predicted octanol–water partition coefficient (Wildman–Crippen LogP) is 3.23. The molecule has 0 radical (unpaired) electrons. The zero-order valence-electron chi connectivity index (χ0n) is 15.2. The van der Waals surface area contributed by atoms with E-state index in [0.29, 0.717) is 17.7 Å². The maximum Gasteiger partial charge on any atom is 0.228 e. The lowest BCUT2D eigenvalue weighted by atomic mass is 10.2. The van der Waals surface area contributed by atoms with Crippen molar-refractivity contribution >= 4 is 23.7 Å². The number of rotatable bonds is 7. The first-order valence-electron chi connectivity index (χ1n) is 7.99. The topological polar surface area (TPSA) is 95.2 Å². The molecule has 0 aliphatic heterocycles. The van der Waals surface area contributed by atoms with Crippen LogP contribution in [0.2, 0.25) is 0 Å². The highest BCUT2D eigenvalue weighted by Crippen LogP contribution is 2.22. The van der Waals surface area contributed by atoms with Gasteiger partial charge in [0.25, 0.3) is 0 Å². The van der Waals surface area contributed by atoms with Crippen LogP contribution in [0.5, 0.6) is 11.5 Å². The Bertz CT molecular complexity index is 688. The Hall–Kier alpha value is -2.22. The van der Waals surface area contributed by atoms with Gasteiger partial charge in [-0.2, -0.15) is 15.0 Å². The molecule has 0 saturated heterocycles.